The lowest BCUT2D eigenvalue weighted by Gasteiger charge is -2.08. The van der Waals surface area contributed by atoms with Gasteiger partial charge in [0.05, 0.1) is 18.3 Å². The molecule has 0 aliphatic carbocycles. The van der Waals surface area contributed by atoms with Crippen LogP contribution < -0.4 is 10.2 Å². The van der Waals surface area contributed by atoms with Gasteiger partial charge in [-0.1, -0.05) is 13.8 Å². The highest BCUT2D eigenvalue weighted by atomic mass is 16.5. The molecule has 0 bridgehead atoms. The normalized spacial score (nSPS) is 10.6. The number of nitrogens with zero attached hydrogens (tertiary/aromatic N) is 5. The van der Waals surface area contributed by atoms with Gasteiger partial charge >= 0.3 is 0 Å². The van der Waals surface area contributed by atoms with E-state index < -0.39 is 0 Å². The molecule has 0 spiro atoms. The molecule has 0 fully saturated rings. The first kappa shape index (κ1) is 20.9. The van der Waals surface area contributed by atoms with Crippen LogP contribution in [0.4, 0.5) is 0 Å². The van der Waals surface area contributed by atoms with E-state index in [-0.39, 0.29) is 17.8 Å². The summed E-state index contributed by atoms with van der Waals surface area (Å²) in [6.07, 6.45) is 4.70. The number of benzene rings is 1. The number of hydrogen-bond donors (Lipinski definition) is 1. The second kappa shape index (κ2) is 10.1. The minimum atomic E-state index is -0.189. The third kappa shape index (κ3) is 5.80. The fraction of sp³-hybridized carbons (Fsp3) is 0.300. The summed E-state index contributed by atoms with van der Waals surface area (Å²) >= 11 is 0. The fourth-order valence-corrected chi connectivity index (χ4v) is 2.31. The molecule has 1 N–H and O–H groups in total. The fourth-order valence-electron chi connectivity index (χ4n) is 2.31. The van der Waals surface area contributed by atoms with E-state index in [1.54, 1.807) is 46.4 Å². The molecule has 8 nitrogen and oxygen atoms in total. The van der Waals surface area contributed by atoms with E-state index in [2.05, 4.69) is 15.2 Å². The minimum absolute atomic E-state index is 0.0439. The molecule has 3 rings (SSSR count). The smallest absolute Gasteiger partial charge is 0.206 e. The molecule has 0 saturated carbocycles. The van der Waals surface area contributed by atoms with E-state index in [1.807, 2.05) is 27.9 Å². The Bertz CT molecular complexity index is 999. The van der Waals surface area contributed by atoms with Crippen molar-refractivity contribution in [2.75, 3.05) is 14.1 Å². The average Bonchev–Trinajstić information content (AvgIpc) is 2.69. The maximum absolute atomic E-state index is 12.0. The summed E-state index contributed by atoms with van der Waals surface area (Å²) < 4.78 is 7.31. The lowest BCUT2D eigenvalue weighted by Crippen LogP contribution is -2.19. The third-order valence-corrected chi connectivity index (χ3v) is 3.53. The van der Waals surface area contributed by atoms with Crippen molar-refractivity contribution in [2.45, 2.75) is 27.0 Å². The van der Waals surface area contributed by atoms with Crippen LogP contribution in [0.25, 0.3) is 10.9 Å². The zero-order valence-corrected chi connectivity index (χ0v) is 16.5. The first-order valence-corrected chi connectivity index (χ1v) is 8.99. The van der Waals surface area contributed by atoms with Crippen LogP contribution >= 0.6 is 0 Å². The number of aromatic nitrogens is 3. The van der Waals surface area contributed by atoms with Crippen LogP contribution in [-0.2, 0) is 13.2 Å². The van der Waals surface area contributed by atoms with Gasteiger partial charge in [-0.2, -0.15) is 10.2 Å². The van der Waals surface area contributed by atoms with Crippen LogP contribution in [0.15, 0.2) is 52.6 Å². The molecule has 0 saturated heterocycles. The Morgan fingerprint density at radius 3 is 2.79 bits per heavy atom. The van der Waals surface area contributed by atoms with Crippen LogP contribution in [0.5, 0.6) is 11.5 Å². The molecule has 28 heavy (non-hydrogen) atoms. The van der Waals surface area contributed by atoms with Gasteiger partial charge in [0, 0.05) is 38.0 Å². The van der Waals surface area contributed by atoms with Crippen LogP contribution in [-0.4, -0.2) is 45.2 Å². The van der Waals surface area contributed by atoms with Gasteiger partial charge < -0.3 is 14.9 Å². The molecule has 2 heterocycles. The van der Waals surface area contributed by atoms with E-state index in [1.165, 1.54) is 12.3 Å². The number of aromatic hydroxyl groups is 1. The van der Waals surface area contributed by atoms with Gasteiger partial charge in [0.1, 0.15) is 23.8 Å². The molecule has 0 aliphatic heterocycles. The maximum Gasteiger partial charge on any atom is 0.206 e. The van der Waals surface area contributed by atoms with Crippen molar-refractivity contribution in [1.29, 1.82) is 0 Å². The minimum Gasteiger partial charge on any atom is -0.506 e. The topological polar surface area (TPSA) is 92.8 Å². The molecule has 0 atom stereocenters. The summed E-state index contributed by atoms with van der Waals surface area (Å²) in [5, 5.41) is 20.4. The molecule has 1 aromatic carbocycles. The Hall–Kier alpha value is -3.42. The highest BCUT2D eigenvalue weighted by Gasteiger charge is 2.05. The molecule has 8 heteroatoms. The van der Waals surface area contributed by atoms with E-state index in [4.69, 9.17) is 4.74 Å². The van der Waals surface area contributed by atoms with Crippen molar-refractivity contribution >= 4 is 17.1 Å². The Morgan fingerprint density at radius 2 is 2.04 bits per heavy atom. The Kier molecular flexibility index (Phi) is 7.50. The van der Waals surface area contributed by atoms with Crippen molar-refractivity contribution in [1.82, 2.24) is 19.8 Å². The molecular weight excluding hydrogens is 358 g/mol. The van der Waals surface area contributed by atoms with Gasteiger partial charge in [0.2, 0.25) is 5.43 Å². The summed E-state index contributed by atoms with van der Waals surface area (Å²) in [5.74, 6) is 0.650. The Labute approximate surface area is 163 Å². The van der Waals surface area contributed by atoms with E-state index in [0.717, 1.165) is 10.9 Å². The van der Waals surface area contributed by atoms with Crippen molar-refractivity contribution in [3.63, 3.8) is 0 Å². The lowest BCUT2D eigenvalue weighted by molar-refractivity contribution is 0.296. The predicted octanol–water partition coefficient (Wildman–Crippen LogP) is 2.65. The van der Waals surface area contributed by atoms with Crippen molar-refractivity contribution in [3.05, 3.63) is 58.6 Å². The van der Waals surface area contributed by atoms with E-state index in [0.29, 0.717) is 18.0 Å². The van der Waals surface area contributed by atoms with Crippen LogP contribution in [0.3, 0.4) is 0 Å². The number of hydrazone groups is 1. The SMILES string of the molecule is CC.CN(C)/N=C\Cn1ccc(=O)c(COc2ccc3ncc(O)cc3c2)n1. The third-order valence-electron chi connectivity index (χ3n) is 3.53. The summed E-state index contributed by atoms with van der Waals surface area (Å²) in [5.41, 5.74) is 0.862. The lowest BCUT2D eigenvalue weighted by atomic mass is 10.2. The predicted molar refractivity (Wildman–Crippen MR) is 110 cm³/mol. The average molecular weight is 383 g/mol. The molecule has 2 aromatic heterocycles. The van der Waals surface area contributed by atoms with Gasteiger partial charge in [-0.15, -0.1) is 0 Å². The Morgan fingerprint density at radius 1 is 1.25 bits per heavy atom. The van der Waals surface area contributed by atoms with Crippen molar-refractivity contribution in [3.8, 4) is 11.5 Å². The quantitative estimate of drug-likeness (QED) is 0.520. The number of ether oxygens (including phenoxy) is 1. The van der Waals surface area contributed by atoms with Crippen molar-refractivity contribution < 1.29 is 9.84 Å². The van der Waals surface area contributed by atoms with Gasteiger partial charge in [0.15, 0.2) is 0 Å². The highest BCUT2D eigenvalue weighted by molar-refractivity contribution is 5.81. The second-order valence-electron chi connectivity index (χ2n) is 5.83. The molecule has 0 unspecified atom stereocenters. The molecule has 0 radical (unpaired) electrons. The Balaban J connectivity index is 0.00000136. The molecule has 148 valence electrons. The van der Waals surface area contributed by atoms with Gasteiger partial charge in [-0.3, -0.25) is 14.5 Å². The standard InChI is InChI=1S/C18H19N5O3.C2H6/c1-22(2)20-6-8-23-7-5-18(25)17(21-23)12-26-15-3-4-16-13(10-15)9-14(24)11-19-16;1-2/h3-7,9-11,24H,8,12H2,1-2H3;1-2H3/b20-6-;. The van der Waals surface area contributed by atoms with Crippen LogP contribution in [0.2, 0.25) is 0 Å². The summed E-state index contributed by atoms with van der Waals surface area (Å²) in [6.45, 7) is 4.49. The highest BCUT2D eigenvalue weighted by Crippen LogP contribution is 2.22. The number of rotatable bonds is 6. The summed E-state index contributed by atoms with van der Waals surface area (Å²) in [4.78, 5) is 16.1. The van der Waals surface area contributed by atoms with Crippen molar-refractivity contribution in [2.24, 2.45) is 5.10 Å². The first-order valence-electron chi connectivity index (χ1n) is 8.99. The van der Waals surface area contributed by atoms with E-state index in [9.17, 15) is 9.90 Å². The maximum atomic E-state index is 12.0. The van der Waals surface area contributed by atoms with Crippen LogP contribution in [0.1, 0.15) is 19.5 Å². The number of pyridine rings is 1. The molecule has 0 aliphatic rings. The number of fused-ring (bicyclic) bond motifs is 1. The van der Waals surface area contributed by atoms with Gasteiger partial charge in [0.25, 0.3) is 0 Å². The largest absolute Gasteiger partial charge is 0.506 e. The van der Waals surface area contributed by atoms with Gasteiger partial charge in [-0.05, 0) is 24.3 Å². The molecule has 3 aromatic rings. The summed E-state index contributed by atoms with van der Waals surface area (Å²) in [7, 11) is 3.65. The van der Waals surface area contributed by atoms with Gasteiger partial charge in [-0.25, -0.2) is 0 Å². The second-order valence-corrected chi connectivity index (χ2v) is 5.83. The van der Waals surface area contributed by atoms with E-state index >= 15 is 0 Å². The monoisotopic (exact) mass is 383 g/mol. The molecular formula is C20H25N5O3. The zero-order valence-electron chi connectivity index (χ0n) is 16.5. The number of hydrogen-bond acceptors (Lipinski definition) is 7. The zero-order chi connectivity index (χ0) is 20.5. The summed E-state index contributed by atoms with van der Waals surface area (Å²) in [6, 6.07) is 8.37. The first-order chi connectivity index (χ1) is 13.5. The molecule has 0 amide bonds. The van der Waals surface area contributed by atoms with Crippen LogP contribution in [0, 0.1) is 0 Å².